The van der Waals surface area contributed by atoms with Crippen LogP contribution < -0.4 is 26.8 Å². The molecule has 1 aromatic heterocycles. The number of hydrogen-bond donors (Lipinski definition) is 5. The van der Waals surface area contributed by atoms with Gasteiger partial charge < -0.3 is 20.7 Å². The average molecular weight is 976 g/mol. The highest BCUT2D eigenvalue weighted by atomic mass is 32.2. The molecule has 17 nitrogen and oxygen atoms in total. The number of ether oxygens (including phenoxy) is 1. The molecular weight excluding hydrogens is 895 g/mol. The molecule has 0 radical (unpaired) electrons. The lowest BCUT2D eigenvalue weighted by atomic mass is 9.97. The molecule has 3 aliphatic heterocycles. The third-order valence-electron chi connectivity index (χ3n) is 11.8. The number of aryl methyl sites for hydroxylation is 2. The normalized spacial score (nSPS) is 21.0. The monoisotopic (exact) mass is 976 g/mol. The SMILES string of the molecule is C.CC(C)NC(=O)CSC1CC(=O)N(C)C1=O.CC(C)NC(=O)OCC1C2CCc3nnn(C)c3CCC21.CC1=CC(CC(C)C)C=NN1.CC1=CCC(c2ccc(CC(=O)NC(C)C)cc2)=NN1. The van der Waals surface area contributed by atoms with E-state index in [1.54, 1.807) is 0 Å². The second kappa shape index (κ2) is 28.2. The fourth-order valence-electron chi connectivity index (χ4n) is 8.36. The third kappa shape index (κ3) is 19.8. The summed E-state index contributed by atoms with van der Waals surface area (Å²) in [7, 11) is 3.44. The number of aromatic nitrogens is 3. The molecule has 18 heteroatoms. The van der Waals surface area contributed by atoms with E-state index in [4.69, 9.17) is 4.74 Å². The number of hydrogen-bond acceptors (Lipinski definition) is 13. The van der Waals surface area contributed by atoms with Crippen LogP contribution in [0.2, 0.25) is 0 Å². The van der Waals surface area contributed by atoms with Crippen molar-refractivity contribution in [3.63, 3.8) is 0 Å². The number of hydrazone groups is 2. The van der Waals surface area contributed by atoms with E-state index >= 15 is 0 Å². The van der Waals surface area contributed by atoms with Crippen molar-refractivity contribution < 1.29 is 28.7 Å². The number of imide groups is 1. The standard InChI is InChI=1S/C16H21N3O.C15H24N4O2.C10H16N2O3S.C9H16N2.CH4/c1-11(2)17-16(20)10-13-5-7-14(8-6-13)15-9-4-12(3)18-19-15;1-9(2)16-15(20)21-8-12-10-4-6-13-14(7-5-11(10)12)19(3)18-17-13;1-6(2)11-8(13)5-16-7-4-9(14)12(3)10(7)15;1-7(2)4-9-5-8(3)11-10-6-9;/h4-8,11,18H,9-10H2,1-3H3,(H,17,20);9-12H,4-8H2,1-3H3,(H,16,20);6-7H,4-5H2,1-3H3,(H,11,13);5-7,9,11H,4H2,1-3H3;1H4. The Morgan fingerprint density at radius 2 is 1.49 bits per heavy atom. The molecule has 5 unspecified atom stereocenters. The molecule has 0 spiro atoms. The van der Waals surface area contributed by atoms with E-state index in [0.29, 0.717) is 36.7 Å². The number of likely N-dealkylation sites (tertiary alicyclic amines) is 1. The van der Waals surface area contributed by atoms with Gasteiger partial charge in [0.1, 0.15) is 0 Å². The van der Waals surface area contributed by atoms with Crippen molar-refractivity contribution in [1.29, 1.82) is 0 Å². The summed E-state index contributed by atoms with van der Waals surface area (Å²) in [4.78, 5) is 58.4. The molecule has 2 aromatic rings. The van der Waals surface area contributed by atoms with Crippen LogP contribution >= 0.6 is 11.8 Å². The van der Waals surface area contributed by atoms with Gasteiger partial charge in [-0.05, 0) is 122 Å². The van der Waals surface area contributed by atoms with Crippen molar-refractivity contribution >= 4 is 53.4 Å². The Labute approximate surface area is 415 Å². The minimum absolute atomic E-state index is 0. The van der Waals surface area contributed by atoms with Gasteiger partial charge in [0.25, 0.3) is 0 Å². The van der Waals surface area contributed by atoms with E-state index < -0.39 is 5.25 Å². The van der Waals surface area contributed by atoms with Crippen molar-refractivity contribution in [2.75, 3.05) is 19.4 Å². The van der Waals surface area contributed by atoms with Crippen LogP contribution in [0.15, 0.2) is 58.0 Å². The Morgan fingerprint density at radius 1 is 0.855 bits per heavy atom. The topological polar surface area (TPSA) is 213 Å². The first-order valence-electron chi connectivity index (χ1n) is 24.1. The molecule has 0 bridgehead atoms. The van der Waals surface area contributed by atoms with Gasteiger partial charge in [-0.25, -0.2) is 4.79 Å². The van der Waals surface area contributed by atoms with Crippen molar-refractivity contribution in [1.82, 2.24) is 46.7 Å². The molecule has 2 aliphatic carbocycles. The largest absolute Gasteiger partial charge is 0.449 e. The first-order valence-corrected chi connectivity index (χ1v) is 25.1. The summed E-state index contributed by atoms with van der Waals surface area (Å²) in [5, 5.41) is 24.8. The number of rotatable bonds is 13. The molecule has 1 aromatic carbocycles. The van der Waals surface area contributed by atoms with E-state index in [0.717, 1.165) is 76.8 Å². The van der Waals surface area contributed by atoms with Crippen molar-refractivity contribution in [3.05, 3.63) is 70.3 Å². The molecule has 5 aliphatic rings. The van der Waals surface area contributed by atoms with Gasteiger partial charge >= 0.3 is 6.09 Å². The lowest BCUT2D eigenvalue weighted by molar-refractivity contribution is -0.136. The fourth-order valence-corrected chi connectivity index (χ4v) is 9.35. The maximum absolute atomic E-state index is 11.7. The molecule has 69 heavy (non-hydrogen) atoms. The number of amides is 5. The van der Waals surface area contributed by atoms with Gasteiger partial charge in [-0.1, -0.05) is 62.9 Å². The molecule has 5 atom stereocenters. The second-order valence-corrected chi connectivity index (χ2v) is 20.7. The zero-order valence-corrected chi connectivity index (χ0v) is 43.2. The predicted molar refractivity (Wildman–Crippen MR) is 276 cm³/mol. The van der Waals surface area contributed by atoms with Gasteiger partial charge in [0, 0.05) is 68.6 Å². The Balaban J connectivity index is 0.000000248. The number of fused-ring (bicyclic) bond motifs is 2. The molecule has 1 saturated heterocycles. The minimum Gasteiger partial charge on any atom is -0.449 e. The van der Waals surface area contributed by atoms with E-state index in [2.05, 4.69) is 73.3 Å². The summed E-state index contributed by atoms with van der Waals surface area (Å²) >= 11 is 1.23. The first-order chi connectivity index (χ1) is 32.2. The average Bonchev–Trinajstić information content (AvgIpc) is 3.69. The molecule has 1 saturated carbocycles. The van der Waals surface area contributed by atoms with Crippen LogP contribution in [0.25, 0.3) is 0 Å². The summed E-state index contributed by atoms with van der Waals surface area (Å²) in [6.07, 6.45) is 13.0. The van der Waals surface area contributed by atoms with E-state index in [9.17, 15) is 24.0 Å². The number of carbonyl (C=O) groups excluding carboxylic acids is 5. The number of alkyl carbamates (subject to hydrolysis) is 1. The number of thioether (sulfide) groups is 1. The van der Waals surface area contributed by atoms with E-state index in [-0.39, 0.29) is 67.4 Å². The molecule has 2 fully saturated rings. The Bertz CT molecular complexity index is 2150. The van der Waals surface area contributed by atoms with Gasteiger partial charge in [0.05, 0.1) is 41.1 Å². The molecule has 5 amide bonds. The lowest BCUT2D eigenvalue weighted by Crippen LogP contribution is -2.33. The van der Waals surface area contributed by atoms with Crippen molar-refractivity contribution in [2.45, 2.75) is 151 Å². The van der Waals surface area contributed by atoms with Crippen LogP contribution in [0.4, 0.5) is 4.79 Å². The van der Waals surface area contributed by atoms with Crippen LogP contribution in [0.1, 0.15) is 131 Å². The summed E-state index contributed by atoms with van der Waals surface area (Å²) < 4.78 is 7.25. The third-order valence-corrected chi connectivity index (χ3v) is 13.0. The van der Waals surface area contributed by atoms with Crippen LogP contribution in [0, 0.1) is 29.6 Å². The maximum Gasteiger partial charge on any atom is 0.407 e. The van der Waals surface area contributed by atoms with Gasteiger partial charge in [0.2, 0.25) is 23.6 Å². The Kier molecular flexibility index (Phi) is 23.6. The quantitative estimate of drug-likeness (QED) is 0.131. The summed E-state index contributed by atoms with van der Waals surface area (Å²) in [5.41, 5.74) is 13.7. The predicted octanol–water partition coefficient (Wildman–Crippen LogP) is 6.82. The van der Waals surface area contributed by atoms with E-state index in [1.165, 1.54) is 30.9 Å². The van der Waals surface area contributed by atoms with Gasteiger partial charge in [0.15, 0.2) is 0 Å². The van der Waals surface area contributed by atoms with Gasteiger partial charge in [-0.15, -0.1) is 16.9 Å². The highest BCUT2D eigenvalue weighted by molar-refractivity contribution is 8.01. The zero-order valence-electron chi connectivity index (χ0n) is 42.3. The number of nitrogens with one attached hydrogen (secondary N) is 5. The smallest absolute Gasteiger partial charge is 0.407 e. The van der Waals surface area contributed by atoms with Crippen molar-refractivity contribution in [3.8, 4) is 0 Å². The fraction of sp³-hybridized carbons (Fsp3) is 0.627. The first kappa shape index (κ1) is 57.8. The zero-order chi connectivity index (χ0) is 50.1. The van der Waals surface area contributed by atoms with E-state index in [1.807, 2.05) is 97.6 Å². The second-order valence-electron chi connectivity index (χ2n) is 19.5. The van der Waals surface area contributed by atoms with Gasteiger partial charge in [-0.3, -0.25) is 39.6 Å². The molecular formula is C51H81N11O6S. The van der Waals surface area contributed by atoms with Crippen molar-refractivity contribution in [2.24, 2.45) is 46.8 Å². The number of allylic oxidation sites excluding steroid dienone is 4. The highest BCUT2D eigenvalue weighted by Gasteiger charge is 2.50. The van der Waals surface area contributed by atoms with Crippen LogP contribution in [0.3, 0.4) is 0 Å². The maximum atomic E-state index is 11.7. The summed E-state index contributed by atoms with van der Waals surface area (Å²) in [5.74, 6) is 2.99. The molecule has 4 heterocycles. The Hall–Kier alpha value is -5.52. The van der Waals surface area contributed by atoms with Crippen LogP contribution in [-0.2, 0) is 50.2 Å². The Morgan fingerprint density at radius 3 is 2.06 bits per heavy atom. The number of carbonyl (C=O) groups is 5. The molecule has 5 N–H and O–H groups in total. The highest BCUT2D eigenvalue weighted by Crippen LogP contribution is 2.52. The number of nitrogens with zero attached hydrogens (tertiary/aromatic N) is 6. The lowest BCUT2D eigenvalue weighted by Gasteiger charge is -2.15. The van der Waals surface area contributed by atoms with Crippen LogP contribution in [-0.4, -0.2) is 104 Å². The molecule has 7 rings (SSSR count). The molecule has 382 valence electrons. The number of benzene rings is 1. The minimum atomic E-state index is -0.393. The van der Waals surface area contributed by atoms with Crippen LogP contribution in [0.5, 0.6) is 0 Å². The summed E-state index contributed by atoms with van der Waals surface area (Å²) in [6, 6.07) is 8.42. The van der Waals surface area contributed by atoms with Gasteiger partial charge in [-0.2, -0.15) is 10.2 Å². The summed E-state index contributed by atoms with van der Waals surface area (Å²) in [6.45, 7) is 20.6.